The van der Waals surface area contributed by atoms with E-state index in [1.807, 2.05) is 6.07 Å². The van der Waals surface area contributed by atoms with Gasteiger partial charge in [0.05, 0.1) is 0 Å². The highest BCUT2D eigenvalue weighted by Gasteiger charge is 2.08. The van der Waals surface area contributed by atoms with Crippen molar-refractivity contribution in [2.24, 2.45) is 0 Å². The molecule has 0 aliphatic carbocycles. The Bertz CT molecular complexity index is 525. The van der Waals surface area contributed by atoms with Crippen LogP contribution >= 0.6 is 39.9 Å². The second-order valence-electron chi connectivity index (χ2n) is 2.86. The molecule has 2 rings (SSSR count). The number of alkyl halides is 1. The van der Waals surface area contributed by atoms with Crippen LogP contribution in [0.1, 0.15) is 10.4 Å². The topological polar surface area (TPSA) is 23.8 Å². The molecule has 1 aromatic carbocycles. The fourth-order valence-corrected chi connectivity index (χ4v) is 2.97. The van der Waals surface area contributed by atoms with E-state index in [9.17, 15) is 0 Å². The zero-order valence-electron chi connectivity index (χ0n) is 7.12. The summed E-state index contributed by atoms with van der Waals surface area (Å²) in [5.74, 6) is 0. The Labute approximate surface area is 99.9 Å². The van der Waals surface area contributed by atoms with E-state index in [2.05, 4.69) is 46.8 Å². The Kier molecular flexibility index (Phi) is 2.82. The van der Waals surface area contributed by atoms with E-state index in [0.29, 0.717) is 4.88 Å². The molecule has 2 aromatic rings. The molecule has 1 heterocycles. The minimum absolute atomic E-state index is 0.690. The van der Waals surface area contributed by atoms with Gasteiger partial charge in [-0.25, -0.2) is 0 Å². The zero-order valence-corrected chi connectivity index (χ0v) is 10.4. The van der Waals surface area contributed by atoms with Crippen molar-refractivity contribution in [3.05, 3.63) is 28.6 Å². The number of hydrogen-bond donors (Lipinski definition) is 1. The Balaban J connectivity index is 2.76. The number of fused-ring (bicyclic) bond motifs is 1. The molecule has 0 aliphatic rings. The number of nitriles is 1. The van der Waals surface area contributed by atoms with Crippen LogP contribution in [0.15, 0.2) is 23.1 Å². The minimum Gasteiger partial charge on any atom is -0.191 e. The molecule has 14 heavy (non-hydrogen) atoms. The van der Waals surface area contributed by atoms with Gasteiger partial charge in [0.1, 0.15) is 10.9 Å². The number of halogens is 1. The van der Waals surface area contributed by atoms with Crippen molar-refractivity contribution in [2.75, 3.05) is 0 Å². The van der Waals surface area contributed by atoms with E-state index in [4.69, 9.17) is 5.26 Å². The number of thiol groups is 1. The van der Waals surface area contributed by atoms with Crippen LogP contribution in [0, 0.1) is 11.3 Å². The molecule has 70 valence electrons. The average molecular weight is 284 g/mol. The van der Waals surface area contributed by atoms with E-state index in [1.54, 1.807) is 0 Å². The molecule has 0 radical (unpaired) electrons. The van der Waals surface area contributed by atoms with E-state index in [1.165, 1.54) is 16.9 Å². The van der Waals surface area contributed by atoms with Gasteiger partial charge >= 0.3 is 0 Å². The standard InChI is InChI=1S/C10H6BrNS2/c11-4-6-1-2-8-7(3-6)10(13)9(5-12)14-8/h1-3,13H,4H2. The van der Waals surface area contributed by atoms with Crippen LogP contribution in [0.4, 0.5) is 0 Å². The Hall–Kier alpha value is -0.500. The molecule has 1 aromatic heterocycles. The van der Waals surface area contributed by atoms with E-state index >= 15 is 0 Å². The Morgan fingerprint density at radius 1 is 1.50 bits per heavy atom. The fourth-order valence-electron chi connectivity index (χ4n) is 1.29. The molecule has 0 spiro atoms. The molecule has 4 heteroatoms. The third-order valence-electron chi connectivity index (χ3n) is 1.98. The van der Waals surface area contributed by atoms with Gasteiger partial charge in [-0.05, 0) is 17.7 Å². The molecular weight excluding hydrogens is 278 g/mol. The van der Waals surface area contributed by atoms with Gasteiger partial charge in [0.25, 0.3) is 0 Å². The Morgan fingerprint density at radius 2 is 2.29 bits per heavy atom. The van der Waals surface area contributed by atoms with Crippen LogP contribution in [0.3, 0.4) is 0 Å². The summed E-state index contributed by atoms with van der Waals surface area (Å²) in [4.78, 5) is 1.49. The molecule has 0 amide bonds. The molecule has 0 fully saturated rings. The first-order valence-corrected chi connectivity index (χ1v) is 6.35. The molecule has 0 atom stereocenters. The summed E-state index contributed by atoms with van der Waals surface area (Å²) in [5, 5.41) is 10.8. The summed E-state index contributed by atoms with van der Waals surface area (Å²) in [6, 6.07) is 8.32. The number of nitrogens with zero attached hydrogens (tertiary/aromatic N) is 1. The fraction of sp³-hybridized carbons (Fsp3) is 0.100. The quantitative estimate of drug-likeness (QED) is 0.622. The third-order valence-corrected chi connectivity index (χ3v) is 4.32. The van der Waals surface area contributed by atoms with Crippen LogP contribution in [-0.4, -0.2) is 0 Å². The summed E-state index contributed by atoms with van der Waals surface area (Å²) >= 11 is 9.25. The molecule has 0 N–H and O–H groups in total. The van der Waals surface area contributed by atoms with Gasteiger partial charge < -0.3 is 0 Å². The van der Waals surface area contributed by atoms with Crippen molar-refractivity contribution in [1.82, 2.24) is 0 Å². The van der Waals surface area contributed by atoms with Crippen molar-refractivity contribution in [2.45, 2.75) is 10.2 Å². The lowest BCUT2D eigenvalue weighted by Gasteiger charge is -1.95. The maximum Gasteiger partial charge on any atom is 0.119 e. The maximum absolute atomic E-state index is 8.85. The molecule has 0 saturated heterocycles. The van der Waals surface area contributed by atoms with Crippen LogP contribution in [0.5, 0.6) is 0 Å². The number of hydrogen-bond acceptors (Lipinski definition) is 3. The van der Waals surface area contributed by atoms with Crippen molar-refractivity contribution in [3.8, 4) is 6.07 Å². The van der Waals surface area contributed by atoms with E-state index in [0.717, 1.165) is 20.3 Å². The first kappa shape index (κ1) is 10.0. The molecule has 0 unspecified atom stereocenters. The first-order chi connectivity index (χ1) is 6.76. The smallest absolute Gasteiger partial charge is 0.119 e. The second kappa shape index (κ2) is 3.93. The second-order valence-corrected chi connectivity index (χ2v) is 4.92. The largest absolute Gasteiger partial charge is 0.191 e. The number of thiophene rings is 1. The molecule has 0 aliphatic heterocycles. The summed E-state index contributed by atoms with van der Waals surface area (Å²) in [6.07, 6.45) is 0. The minimum atomic E-state index is 0.690. The van der Waals surface area contributed by atoms with Gasteiger partial charge in [-0.2, -0.15) is 5.26 Å². The predicted molar refractivity (Wildman–Crippen MR) is 66.4 cm³/mol. The average Bonchev–Trinajstić information content (AvgIpc) is 2.55. The monoisotopic (exact) mass is 283 g/mol. The van der Waals surface area contributed by atoms with Crippen LogP contribution in [-0.2, 0) is 5.33 Å². The highest BCUT2D eigenvalue weighted by atomic mass is 79.9. The van der Waals surface area contributed by atoms with Crippen molar-refractivity contribution in [1.29, 1.82) is 5.26 Å². The van der Waals surface area contributed by atoms with Crippen LogP contribution < -0.4 is 0 Å². The third kappa shape index (κ3) is 1.56. The summed E-state index contributed by atoms with van der Waals surface area (Å²) in [6.45, 7) is 0. The first-order valence-electron chi connectivity index (χ1n) is 3.96. The van der Waals surface area contributed by atoms with E-state index in [-0.39, 0.29) is 0 Å². The lowest BCUT2D eigenvalue weighted by atomic mass is 10.2. The van der Waals surface area contributed by atoms with Crippen molar-refractivity contribution < 1.29 is 0 Å². The highest BCUT2D eigenvalue weighted by molar-refractivity contribution is 9.08. The van der Waals surface area contributed by atoms with Gasteiger partial charge in [-0.3, -0.25) is 0 Å². The molecule has 1 nitrogen and oxygen atoms in total. The van der Waals surface area contributed by atoms with Crippen LogP contribution in [0.2, 0.25) is 0 Å². The summed E-state index contributed by atoms with van der Waals surface area (Å²) < 4.78 is 1.12. The predicted octanol–water partition coefficient (Wildman–Crippen LogP) is 3.96. The molecular formula is C10H6BrNS2. The van der Waals surface area contributed by atoms with Crippen molar-refractivity contribution >= 4 is 50.0 Å². The summed E-state index contributed by atoms with van der Waals surface area (Å²) in [7, 11) is 0. The van der Waals surface area contributed by atoms with Crippen LogP contribution in [0.25, 0.3) is 10.1 Å². The van der Waals surface area contributed by atoms with Gasteiger partial charge in [0.15, 0.2) is 0 Å². The van der Waals surface area contributed by atoms with Gasteiger partial charge in [-0.15, -0.1) is 24.0 Å². The highest BCUT2D eigenvalue weighted by Crippen LogP contribution is 2.34. The maximum atomic E-state index is 8.85. The molecule has 0 saturated carbocycles. The van der Waals surface area contributed by atoms with Gasteiger partial charge in [-0.1, -0.05) is 22.0 Å². The number of benzene rings is 1. The SMILES string of the molecule is N#Cc1sc2ccc(CBr)cc2c1S. The normalized spacial score (nSPS) is 10.4. The lowest BCUT2D eigenvalue weighted by molar-refractivity contribution is 1.45. The van der Waals surface area contributed by atoms with Gasteiger partial charge in [0, 0.05) is 20.3 Å². The zero-order chi connectivity index (χ0) is 10.1. The molecule has 0 bridgehead atoms. The number of rotatable bonds is 1. The Morgan fingerprint density at radius 3 is 2.93 bits per heavy atom. The summed E-state index contributed by atoms with van der Waals surface area (Å²) in [5.41, 5.74) is 1.20. The van der Waals surface area contributed by atoms with Crippen molar-refractivity contribution in [3.63, 3.8) is 0 Å². The lowest BCUT2D eigenvalue weighted by Crippen LogP contribution is -1.75. The van der Waals surface area contributed by atoms with E-state index < -0.39 is 0 Å². The van der Waals surface area contributed by atoms with Gasteiger partial charge in [0.2, 0.25) is 0 Å².